The van der Waals surface area contributed by atoms with Gasteiger partial charge in [0.1, 0.15) is 0 Å². The van der Waals surface area contributed by atoms with Gasteiger partial charge in [0.2, 0.25) is 0 Å². The summed E-state index contributed by atoms with van der Waals surface area (Å²) in [5, 5.41) is 0. The number of rotatable bonds is 0. The fourth-order valence-electron chi connectivity index (χ4n) is 3.51. The Hall–Kier alpha value is -0.190. The molecule has 0 amide bonds. The quantitative estimate of drug-likeness (QED) is 0.623. The van der Waals surface area contributed by atoms with Gasteiger partial charge in [-0.1, -0.05) is 22.0 Å². The molecular weight excluding hydrogens is 260 g/mol. The lowest BCUT2D eigenvalue weighted by Crippen LogP contribution is -2.57. The Morgan fingerprint density at radius 1 is 1.47 bits per heavy atom. The molecule has 15 heavy (non-hydrogen) atoms. The SMILES string of the molecule is O=C1[C@@]23C=C(Br)[C@H](C[C@@H]2COC3)[C@]12CO2. The number of epoxide rings is 1. The molecule has 0 unspecified atom stereocenters. The number of ether oxygens (including phenoxy) is 2. The summed E-state index contributed by atoms with van der Waals surface area (Å²) in [6.07, 6.45) is 3.12. The van der Waals surface area contributed by atoms with Crippen LogP contribution in [-0.2, 0) is 14.3 Å². The first kappa shape index (κ1) is 8.90. The highest BCUT2D eigenvalue weighted by Gasteiger charge is 2.72. The van der Waals surface area contributed by atoms with Gasteiger partial charge in [0.05, 0.1) is 25.2 Å². The van der Waals surface area contributed by atoms with Crippen LogP contribution >= 0.6 is 15.9 Å². The third-order valence-corrected chi connectivity index (χ3v) is 5.24. The number of carbonyl (C=O) groups excluding carboxylic acids is 1. The number of Topliss-reactive ketones (excluding diaryl/α,β-unsaturated/α-hetero) is 1. The van der Waals surface area contributed by atoms with Crippen molar-refractivity contribution < 1.29 is 14.3 Å². The number of halogens is 1. The smallest absolute Gasteiger partial charge is 0.180 e. The third-order valence-electron chi connectivity index (χ3n) is 4.46. The molecule has 3 aliphatic carbocycles. The molecule has 2 aliphatic heterocycles. The summed E-state index contributed by atoms with van der Waals surface area (Å²) in [6, 6.07) is 0. The number of hydrogen-bond acceptors (Lipinski definition) is 3. The number of hydrogen-bond donors (Lipinski definition) is 0. The van der Waals surface area contributed by atoms with Crippen LogP contribution in [0.2, 0.25) is 0 Å². The van der Waals surface area contributed by atoms with Gasteiger partial charge in [0, 0.05) is 11.8 Å². The van der Waals surface area contributed by atoms with E-state index in [1.165, 1.54) is 0 Å². The topological polar surface area (TPSA) is 38.8 Å². The van der Waals surface area contributed by atoms with Crippen molar-refractivity contribution >= 4 is 21.7 Å². The van der Waals surface area contributed by atoms with E-state index >= 15 is 0 Å². The zero-order chi connectivity index (χ0) is 10.3. The Kier molecular flexibility index (Phi) is 1.42. The standard InChI is InChI=1S/C11H11BrO3/c12-8-2-10-4-14-3-6(10)1-7(8)11(5-15-11)9(10)13/h2,6-7H,1,3-5H2/t6-,7+,10-,11-/m1/s1. The second-order valence-electron chi connectivity index (χ2n) is 5.08. The third kappa shape index (κ3) is 0.808. The lowest BCUT2D eigenvalue weighted by atomic mass is 9.55. The van der Waals surface area contributed by atoms with Crippen LogP contribution < -0.4 is 0 Å². The summed E-state index contributed by atoms with van der Waals surface area (Å²) in [5.41, 5.74) is -0.845. The molecule has 5 aliphatic rings. The molecule has 0 aromatic rings. The first-order chi connectivity index (χ1) is 7.19. The zero-order valence-corrected chi connectivity index (χ0v) is 9.75. The summed E-state index contributed by atoms with van der Waals surface area (Å²) in [4.78, 5) is 12.4. The predicted molar refractivity (Wildman–Crippen MR) is 55.5 cm³/mol. The van der Waals surface area contributed by atoms with E-state index in [9.17, 15) is 4.79 Å². The second-order valence-corrected chi connectivity index (χ2v) is 5.99. The lowest BCUT2D eigenvalue weighted by Gasteiger charge is -2.46. The summed E-state index contributed by atoms with van der Waals surface area (Å²) >= 11 is 3.59. The van der Waals surface area contributed by atoms with E-state index in [0.29, 0.717) is 19.1 Å². The zero-order valence-electron chi connectivity index (χ0n) is 8.16. The molecule has 0 radical (unpaired) electrons. The monoisotopic (exact) mass is 270 g/mol. The summed E-state index contributed by atoms with van der Waals surface area (Å²) < 4.78 is 12.1. The van der Waals surface area contributed by atoms with E-state index in [-0.39, 0.29) is 17.1 Å². The fourth-order valence-corrected chi connectivity index (χ4v) is 4.48. The average molecular weight is 271 g/mol. The van der Waals surface area contributed by atoms with Crippen LogP contribution in [0.3, 0.4) is 0 Å². The van der Waals surface area contributed by atoms with Gasteiger partial charge >= 0.3 is 0 Å². The Balaban J connectivity index is 1.95. The van der Waals surface area contributed by atoms with Gasteiger partial charge in [0.15, 0.2) is 11.4 Å². The number of ketones is 1. The molecule has 0 N–H and O–H groups in total. The minimum atomic E-state index is -0.474. The van der Waals surface area contributed by atoms with Crippen LogP contribution in [0.25, 0.3) is 0 Å². The van der Waals surface area contributed by atoms with Gasteiger partial charge < -0.3 is 9.47 Å². The molecule has 0 aromatic carbocycles. The van der Waals surface area contributed by atoms with Crippen molar-refractivity contribution in [3.05, 3.63) is 10.6 Å². The Labute approximate surface area is 95.9 Å². The molecule has 3 fully saturated rings. The molecule has 2 heterocycles. The highest BCUT2D eigenvalue weighted by molar-refractivity contribution is 9.11. The van der Waals surface area contributed by atoms with E-state index < -0.39 is 5.60 Å². The first-order valence-electron chi connectivity index (χ1n) is 5.34. The molecule has 4 atom stereocenters. The van der Waals surface area contributed by atoms with Crippen LogP contribution in [0, 0.1) is 17.3 Å². The molecule has 5 rings (SSSR count). The van der Waals surface area contributed by atoms with Crippen molar-refractivity contribution in [1.29, 1.82) is 0 Å². The van der Waals surface area contributed by atoms with Gasteiger partial charge in [-0.25, -0.2) is 0 Å². The van der Waals surface area contributed by atoms with E-state index in [1.807, 2.05) is 0 Å². The van der Waals surface area contributed by atoms with Crippen LogP contribution in [0.4, 0.5) is 0 Å². The molecular formula is C11H11BrO3. The lowest BCUT2D eigenvalue weighted by molar-refractivity contribution is -0.140. The van der Waals surface area contributed by atoms with Gasteiger partial charge in [-0.15, -0.1) is 0 Å². The maximum atomic E-state index is 12.4. The largest absolute Gasteiger partial charge is 0.380 e. The van der Waals surface area contributed by atoms with Crippen molar-refractivity contribution in [3.8, 4) is 0 Å². The van der Waals surface area contributed by atoms with Crippen molar-refractivity contribution in [2.45, 2.75) is 12.0 Å². The normalized spacial score (nSPS) is 55.8. The Bertz CT molecular complexity index is 399. The first-order valence-corrected chi connectivity index (χ1v) is 6.13. The van der Waals surface area contributed by atoms with E-state index in [1.54, 1.807) is 0 Å². The molecule has 2 saturated heterocycles. The van der Waals surface area contributed by atoms with Gasteiger partial charge in [-0.05, 0) is 10.9 Å². The van der Waals surface area contributed by atoms with Gasteiger partial charge in [-0.3, -0.25) is 4.79 Å². The van der Waals surface area contributed by atoms with E-state index in [2.05, 4.69) is 22.0 Å². The van der Waals surface area contributed by atoms with Crippen molar-refractivity contribution in [3.63, 3.8) is 0 Å². The minimum Gasteiger partial charge on any atom is -0.380 e. The predicted octanol–water partition coefficient (Wildman–Crippen LogP) is 1.27. The number of carbonyl (C=O) groups is 1. The fraction of sp³-hybridized carbons (Fsp3) is 0.727. The summed E-state index contributed by atoms with van der Waals surface area (Å²) in [7, 11) is 0. The van der Waals surface area contributed by atoms with E-state index in [4.69, 9.17) is 9.47 Å². The van der Waals surface area contributed by atoms with Crippen molar-refractivity contribution in [2.75, 3.05) is 19.8 Å². The average Bonchev–Trinajstić information content (AvgIpc) is 2.88. The van der Waals surface area contributed by atoms with Crippen LogP contribution in [0.1, 0.15) is 6.42 Å². The highest BCUT2D eigenvalue weighted by atomic mass is 79.9. The molecule has 4 heteroatoms. The van der Waals surface area contributed by atoms with E-state index in [0.717, 1.165) is 17.5 Å². The minimum absolute atomic E-state index is 0.249. The maximum absolute atomic E-state index is 12.4. The molecule has 2 bridgehead atoms. The molecule has 2 spiro atoms. The Morgan fingerprint density at radius 3 is 3.00 bits per heavy atom. The molecule has 1 saturated carbocycles. The van der Waals surface area contributed by atoms with Crippen molar-refractivity contribution in [1.82, 2.24) is 0 Å². The molecule has 3 nitrogen and oxygen atoms in total. The van der Waals surface area contributed by atoms with Gasteiger partial charge in [-0.2, -0.15) is 0 Å². The maximum Gasteiger partial charge on any atom is 0.180 e. The van der Waals surface area contributed by atoms with Crippen molar-refractivity contribution in [2.24, 2.45) is 17.3 Å². The van der Waals surface area contributed by atoms with Crippen LogP contribution in [0.5, 0.6) is 0 Å². The summed E-state index contributed by atoms with van der Waals surface area (Å²) in [5.74, 6) is 0.904. The van der Waals surface area contributed by atoms with Crippen LogP contribution in [0.15, 0.2) is 10.6 Å². The second kappa shape index (κ2) is 2.39. The molecule has 0 aromatic heterocycles. The molecule has 80 valence electrons. The van der Waals surface area contributed by atoms with Gasteiger partial charge in [0.25, 0.3) is 0 Å². The Morgan fingerprint density at radius 2 is 2.27 bits per heavy atom. The van der Waals surface area contributed by atoms with Crippen LogP contribution in [-0.4, -0.2) is 31.2 Å². The summed E-state index contributed by atoms with van der Waals surface area (Å²) in [6.45, 7) is 1.88. The highest BCUT2D eigenvalue weighted by Crippen LogP contribution is 2.62.